The molecule has 0 aliphatic rings. The van der Waals surface area contributed by atoms with E-state index >= 15 is 0 Å². The summed E-state index contributed by atoms with van der Waals surface area (Å²) >= 11 is 5.47. The predicted octanol–water partition coefficient (Wildman–Crippen LogP) is 2.56. The average molecular weight is 136 g/mol. The van der Waals surface area contributed by atoms with Crippen LogP contribution in [0.4, 0.5) is 0 Å². The van der Waals surface area contributed by atoms with Crippen molar-refractivity contribution in [3.63, 3.8) is 0 Å². The van der Waals surface area contributed by atoms with Crippen molar-refractivity contribution < 1.29 is 5.11 Å². The van der Waals surface area contributed by atoms with Crippen molar-refractivity contribution >= 4 is 11.6 Å². The highest BCUT2D eigenvalue weighted by Gasteiger charge is 2.20. The van der Waals surface area contributed by atoms with Gasteiger partial charge in [0.2, 0.25) is 0 Å². The van der Waals surface area contributed by atoms with Crippen LogP contribution in [0.25, 0.3) is 0 Å². The van der Waals surface area contributed by atoms with E-state index in [0.29, 0.717) is 12.8 Å². The largest absolute Gasteiger partial charge is 0.212 e. The number of alkyl halides is 1. The molecule has 0 spiro atoms. The Balaban J connectivity index is 3.37. The standard InChI is InChI=1S/C6H12ClO/c1-3-5-6(7,8)4-2/h3-5H2,1-2H3. The molecule has 0 fully saturated rings. The lowest BCUT2D eigenvalue weighted by molar-refractivity contribution is 0.0360. The van der Waals surface area contributed by atoms with Crippen molar-refractivity contribution in [3.05, 3.63) is 0 Å². The van der Waals surface area contributed by atoms with Crippen LogP contribution in [0.5, 0.6) is 0 Å². The zero-order chi connectivity index (χ0) is 6.62. The molecule has 1 unspecified atom stereocenters. The first kappa shape index (κ1) is 8.25. The minimum atomic E-state index is -1.19. The highest BCUT2D eigenvalue weighted by molar-refractivity contribution is 6.22. The van der Waals surface area contributed by atoms with Gasteiger partial charge in [-0.25, -0.2) is 5.11 Å². The topological polar surface area (TPSA) is 19.9 Å². The summed E-state index contributed by atoms with van der Waals surface area (Å²) in [5, 5.41) is 9.65. The lowest BCUT2D eigenvalue weighted by atomic mass is 10.1. The van der Waals surface area contributed by atoms with Gasteiger partial charge in [-0.1, -0.05) is 31.9 Å². The second kappa shape index (κ2) is 3.31. The van der Waals surface area contributed by atoms with E-state index in [4.69, 9.17) is 11.6 Å². The average Bonchev–Trinajstić information content (AvgIpc) is 1.67. The molecule has 0 aliphatic carbocycles. The van der Waals surface area contributed by atoms with Crippen molar-refractivity contribution in [1.82, 2.24) is 0 Å². The highest BCUT2D eigenvalue weighted by atomic mass is 35.5. The minimum absolute atomic E-state index is 0.516. The van der Waals surface area contributed by atoms with Crippen molar-refractivity contribution in [2.75, 3.05) is 0 Å². The Hall–Kier alpha value is 0.250. The molecule has 0 bridgehead atoms. The number of hydrogen-bond donors (Lipinski definition) is 0. The van der Waals surface area contributed by atoms with Crippen LogP contribution in [0.1, 0.15) is 33.1 Å². The predicted molar refractivity (Wildman–Crippen MR) is 34.5 cm³/mol. The molecule has 0 aliphatic heterocycles. The van der Waals surface area contributed by atoms with Gasteiger partial charge in [-0.15, -0.1) is 0 Å². The van der Waals surface area contributed by atoms with E-state index in [1.165, 1.54) is 0 Å². The third-order valence-corrected chi connectivity index (χ3v) is 1.61. The molecular formula is C6H12ClO. The summed E-state index contributed by atoms with van der Waals surface area (Å²) in [6.07, 6.45) is 1.97. The Morgan fingerprint density at radius 2 is 2.00 bits per heavy atom. The maximum atomic E-state index is 10.8. The second-order valence-electron chi connectivity index (χ2n) is 1.99. The van der Waals surface area contributed by atoms with Crippen LogP contribution in [0.15, 0.2) is 0 Å². The molecular weight excluding hydrogens is 124 g/mol. The summed E-state index contributed by atoms with van der Waals surface area (Å²) in [6, 6.07) is 0. The molecule has 0 saturated carbocycles. The van der Waals surface area contributed by atoms with Crippen molar-refractivity contribution in [2.24, 2.45) is 0 Å². The van der Waals surface area contributed by atoms with E-state index in [1.54, 1.807) is 0 Å². The van der Waals surface area contributed by atoms with Gasteiger partial charge < -0.3 is 0 Å². The molecule has 0 aromatic heterocycles. The van der Waals surface area contributed by atoms with Gasteiger partial charge in [-0.05, 0) is 12.8 Å². The molecule has 49 valence electrons. The Labute approximate surface area is 55.7 Å². The normalized spacial score (nSPS) is 18.0. The summed E-state index contributed by atoms with van der Waals surface area (Å²) < 4.78 is 0. The lowest BCUT2D eigenvalue weighted by Gasteiger charge is -2.12. The van der Waals surface area contributed by atoms with Crippen LogP contribution < -0.4 is 0 Å². The summed E-state index contributed by atoms with van der Waals surface area (Å²) in [5.41, 5.74) is 0. The molecule has 1 radical (unpaired) electrons. The summed E-state index contributed by atoms with van der Waals surface area (Å²) in [5.74, 6) is 0. The van der Waals surface area contributed by atoms with Gasteiger partial charge in [0.05, 0.1) is 0 Å². The molecule has 2 heteroatoms. The first-order valence-corrected chi connectivity index (χ1v) is 3.39. The zero-order valence-electron chi connectivity index (χ0n) is 5.41. The summed E-state index contributed by atoms with van der Waals surface area (Å²) in [4.78, 5) is 0. The van der Waals surface area contributed by atoms with Crippen LogP contribution in [-0.2, 0) is 5.11 Å². The van der Waals surface area contributed by atoms with Crippen LogP contribution in [-0.4, -0.2) is 5.06 Å². The maximum Gasteiger partial charge on any atom is 0.176 e. The maximum absolute atomic E-state index is 10.8. The van der Waals surface area contributed by atoms with Crippen molar-refractivity contribution in [1.29, 1.82) is 0 Å². The van der Waals surface area contributed by atoms with Gasteiger partial charge in [-0.2, -0.15) is 0 Å². The van der Waals surface area contributed by atoms with Gasteiger partial charge in [-0.3, -0.25) is 0 Å². The van der Waals surface area contributed by atoms with Gasteiger partial charge >= 0.3 is 0 Å². The molecule has 1 atom stereocenters. The van der Waals surface area contributed by atoms with E-state index in [9.17, 15) is 5.11 Å². The van der Waals surface area contributed by atoms with Crippen LogP contribution in [0.3, 0.4) is 0 Å². The SMILES string of the molecule is CCCC([O])(Cl)CC. The van der Waals surface area contributed by atoms with Crippen LogP contribution in [0, 0.1) is 0 Å². The smallest absolute Gasteiger partial charge is 0.176 e. The molecule has 0 amide bonds. The van der Waals surface area contributed by atoms with E-state index in [1.807, 2.05) is 13.8 Å². The molecule has 0 aromatic carbocycles. The van der Waals surface area contributed by atoms with Gasteiger partial charge in [0, 0.05) is 0 Å². The van der Waals surface area contributed by atoms with Crippen LogP contribution in [0.2, 0.25) is 0 Å². The molecule has 1 nitrogen and oxygen atoms in total. The summed E-state index contributed by atoms with van der Waals surface area (Å²) in [7, 11) is 0. The minimum Gasteiger partial charge on any atom is -0.212 e. The molecule has 0 heterocycles. The molecule has 0 N–H and O–H groups in total. The van der Waals surface area contributed by atoms with Gasteiger partial charge in [0.1, 0.15) is 0 Å². The fourth-order valence-electron chi connectivity index (χ4n) is 0.550. The first-order valence-electron chi connectivity index (χ1n) is 3.01. The van der Waals surface area contributed by atoms with E-state index < -0.39 is 5.06 Å². The number of rotatable bonds is 3. The van der Waals surface area contributed by atoms with Gasteiger partial charge in [0.25, 0.3) is 0 Å². The lowest BCUT2D eigenvalue weighted by Crippen LogP contribution is -2.15. The summed E-state index contributed by atoms with van der Waals surface area (Å²) in [6.45, 7) is 3.78. The first-order chi connectivity index (χ1) is 3.62. The monoisotopic (exact) mass is 135 g/mol. The Morgan fingerprint density at radius 1 is 1.50 bits per heavy atom. The number of hydrogen-bond acceptors (Lipinski definition) is 0. The van der Waals surface area contributed by atoms with Crippen molar-refractivity contribution in [2.45, 2.75) is 38.2 Å². The molecule has 0 aromatic rings. The fraction of sp³-hybridized carbons (Fsp3) is 1.00. The second-order valence-corrected chi connectivity index (χ2v) is 2.68. The molecule has 0 saturated heterocycles. The van der Waals surface area contributed by atoms with E-state index in [-0.39, 0.29) is 0 Å². The third-order valence-electron chi connectivity index (χ3n) is 1.15. The van der Waals surface area contributed by atoms with Crippen molar-refractivity contribution in [3.8, 4) is 0 Å². The Morgan fingerprint density at radius 3 is 2.12 bits per heavy atom. The zero-order valence-corrected chi connectivity index (χ0v) is 6.16. The third kappa shape index (κ3) is 3.28. The highest BCUT2D eigenvalue weighted by Crippen LogP contribution is 2.21. The number of halogens is 1. The van der Waals surface area contributed by atoms with E-state index in [2.05, 4.69) is 0 Å². The Bertz CT molecular complexity index is 61.5. The molecule has 0 rings (SSSR count). The molecule has 8 heavy (non-hydrogen) atoms. The fourth-order valence-corrected chi connectivity index (χ4v) is 0.739. The Kier molecular flexibility index (Phi) is 3.41. The van der Waals surface area contributed by atoms with Crippen LogP contribution >= 0.6 is 11.6 Å². The quantitative estimate of drug-likeness (QED) is 0.530. The van der Waals surface area contributed by atoms with Gasteiger partial charge in [0.15, 0.2) is 5.06 Å². The van der Waals surface area contributed by atoms with E-state index in [0.717, 1.165) is 6.42 Å².